The van der Waals surface area contributed by atoms with Gasteiger partial charge in [0.2, 0.25) is 0 Å². The molecule has 0 aromatic rings. The molecular weight excluding hydrogens is 168 g/mol. The number of likely N-dealkylation sites (N-methyl/N-ethyl adjacent to an activating group) is 1. The Labute approximate surface area is 66.4 Å². The molecule has 0 saturated carbocycles. The molecule has 6 heteroatoms. The van der Waals surface area contributed by atoms with Crippen molar-refractivity contribution in [2.24, 2.45) is 0 Å². The Balaban J connectivity index is 3.52. The highest BCUT2D eigenvalue weighted by Crippen LogP contribution is 2.35. The van der Waals surface area contributed by atoms with Gasteiger partial charge in [0.25, 0.3) is 0 Å². The third-order valence-electron chi connectivity index (χ3n) is 1.02. The third kappa shape index (κ3) is 10.1. The SMILES string of the molecule is C[N+](C)([11CH3])CCOP(=O)(O)O. The summed E-state index contributed by atoms with van der Waals surface area (Å²) < 4.78 is 15.1. The quantitative estimate of drug-likeness (QED) is 0.468. The molecule has 0 atom stereocenters. The van der Waals surface area contributed by atoms with Crippen molar-refractivity contribution in [2.45, 2.75) is 0 Å². The first-order valence-corrected chi connectivity index (χ1v) is 4.74. The van der Waals surface area contributed by atoms with E-state index in [2.05, 4.69) is 4.52 Å². The smallest absolute Gasteiger partial charge is 0.329 e. The van der Waals surface area contributed by atoms with Crippen molar-refractivity contribution in [1.29, 1.82) is 0 Å². The number of nitrogens with zero attached hydrogens (tertiary/aromatic N) is 1. The van der Waals surface area contributed by atoms with Crippen molar-refractivity contribution in [3.05, 3.63) is 0 Å². The molecule has 0 bridgehead atoms. The van der Waals surface area contributed by atoms with Gasteiger partial charge in [-0.2, -0.15) is 0 Å². The fraction of sp³-hybridized carbons (Fsp3) is 1.00. The molecule has 68 valence electrons. The van der Waals surface area contributed by atoms with Crippen LogP contribution in [0.3, 0.4) is 0 Å². The van der Waals surface area contributed by atoms with E-state index in [1.807, 2.05) is 21.1 Å². The largest absolute Gasteiger partial charge is 0.469 e. The van der Waals surface area contributed by atoms with E-state index in [1.54, 1.807) is 0 Å². The lowest BCUT2D eigenvalue weighted by atomic mass is 10.3. The average molecular weight is 183 g/mol. The maximum atomic E-state index is 10.2. The fourth-order valence-corrected chi connectivity index (χ4v) is 0.753. The first-order chi connectivity index (χ1) is 4.71. The standard InChI is InChI=1S/C5H14NO4P/c1-6(2,3)4-5-10-11(7,8)9/h4-5H2,1-3H3,(H-,7,8,9)/p+1/i1-1. The number of hydrogen-bond acceptors (Lipinski definition) is 2. The molecule has 0 fully saturated rings. The van der Waals surface area contributed by atoms with Gasteiger partial charge in [-0.05, 0) is 0 Å². The molecule has 0 rings (SSSR count). The van der Waals surface area contributed by atoms with Gasteiger partial charge in [0.15, 0.2) is 0 Å². The van der Waals surface area contributed by atoms with Gasteiger partial charge in [-0.1, -0.05) is 0 Å². The van der Waals surface area contributed by atoms with Crippen LogP contribution in [0, 0.1) is 0 Å². The Bertz CT molecular complexity index is 158. The lowest BCUT2D eigenvalue weighted by molar-refractivity contribution is -0.870. The van der Waals surface area contributed by atoms with Crippen molar-refractivity contribution in [3.63, 3.8) is 0 Å². The van der Waals surface area contributed by atoms with Gasteiger partial charge in [-0.15, -0.1) is 0 Å². The molecule has 0 aromatic heterocycles. The highest BCUT2D eigenvalue weighted by atomic mass is 31.2. The zero-order valence-electron chi connectivity index (χ0n) is 7.02. The Morgan fingerprint density at radius 3 is 2.09 bits per heavy atom. The average Bonchev–Trinajstić information content (AvgIpc) is 1.55. The Morgan fingerprint density at radius 2 is 1.82 bits per heavy atom. The van der Waals surface area contributed by atoms with E-state index < -0.39 is 7.82 Å². The molecule has 11 heavy (non-hydrogen) atoms. The molecule has 0 radical (unpaired) electrons. The number of phosphoric acid groups is 1. The minimum atomic E-state index is -4.26. The highest BCUT2D eigenvalue weighted by molar-refractivity contribution is 7.46. The van der Waals surface area contributed by atoms with Crippen LogP contribution < -0.4 is 0 Å². The van der Waals surface area contributed by atoms with Crippen LogP contribution >= 0.6 is 7.82 Å². The highest BCUT2D eigenvalue weighted by Gasteiger charge is 2.15. The maximum Gasteiger partial charge on any atom is 0.469 e. The molecule has 2 N–H and O–H groups in total. The van der Waals surface area contributed by atoms with Gasteiger partial charge in [0, 0.05) is 0 Å². The van der Waals surface area contributed by atoms with Crippen LogP contribution in [-0.2, 0) is 9.09 Å². The minimum Gasteiger partial charge on any atom is -0.329 e. The second kappa shape index (κ2) is 3.65. The number of phosphoric ester groups is 1. The normalized spacial score (nSPS) is 13.5. The summed E-state index contributed by atoms with van der Waals surface area (Å²) in [7, 11) is 1.50. The van der Waals surface area contributed by atoms with E-state index in [-0.39, 0.29) is 6.61 Å². The number of quaternary nitrogens is 1. The summed E-state index contributed by atoms with van der Waals surface area (Å²) >= 11 is 0. The number of rotatable bonds is 4. The Morgan fingerprint density at radius 1 is 1.36 bits per heavy atom. The molecule has 0 aliphatic carbocycles. The summed E-state index contributed by atoms with van der Waals surface area (Å²) in [6, 6.07) is 0. The molecule has 0 spiro atoms. The Kier molecular flexibility index (Phi) is 3.67. The predicted octanol–water partition coefficient (Wildman–Crippen LogP) is -0.198. The minimum absolute atomic E-state index is 0.0772. The first kappa shape index (κ1) is 11.1. The second-order valence-corrected chi connectivity index (χ2v) is 4.58. The van der Waals surface area contributed by atoms with Crippen molar-refractivity contribution >= 4 is 7.82 Å². The first-order valence-electron chi connectivity index (χ1n) is 3.21. The van der Waals surface area contributed by atoms with Crippen LogP contribution in [-0.4, -0.2) is 48.6 Å². The van der Waals surface area contributed by atoms with Crippen LogP contribution in [0.4, 0.5) is 0 Å². The molecule has 0 saturated heterocycles. The van der Waals surface area contributed by atoms with Crippen LogP contribution in [0.2, 0.25) is 0 Å². The van der Waals surface area contributed by atoms with Crippen LogP contribution in [0.15, 0.2) is 0 Å². The van der Waals surface area contributed by atoms with Gasteiger partial charge >= 0.3 is 7.82 Å². The molecule has 0 aromatic carbocycles. The third-order valence-corrected chi connectivity index (χ3v) is 1.54. The molecule has 0 amide bonds. The van der Waals surface area contributed by atoms with Gasteiger partial charge in [-0.3, -0.25) is 4.52 Å². The molecule has 0 aliphatic rings. The summed E-state index contributed by atoms with van der Waals surface area (Å²) in [6.45, 7) is 0.652. The topological polar surface area (TPSA) is 66.8 Å². The van der Waals surface area contributed by atoms with E-state index in [0.29, 0.717) is 11.0 Å². The van der Waals surface area contributed by atoms with Crippen molar-refractivity contribution in [3.8, 4) is 0 Å². The van der Waals surface area contributed by atoms with Crippen LogP contribution in [0.1, 0.15) is 0 Å². The van der Waals surface area contributed by atoms with Gasteiger partial charge in [0.1, 0.15) is 13.2 Å². The second-order valence-electron chi connectivity index (χ2n) is 3.34. The molecule has 0 unspecified atom stereocenters. The lowest BCUT2D eigenvalue weighted by Crippen LogP contribution is -2.37. The van der Waals surface area contributed by atoms with Crippen molar-refractivity contribution in [2.75, 3.05) is 34.3 Å². The summed E-state index contributed by atoms with van der Waals surface area (Å²) in [5.74, 6) is 0. The van der Waals surface area contributed by atoms with Gasteiger partial charge in [0.05, 0.1) is 21.1 Å². The van der Waals surface area contributed by atoms with E-state index in [4.69, 9.17) is 9.79 Å². The summed E-state index contributed by atoms with van der Waals surface area (Å²) in [5, 5.41) is 0. The summed E-state index contributed by atoms with van der Waals surface area (Å²) in [5.41, 5.74) is 0. The fourth-order valence-electron chi connectivity index (χ4n) is 0.434. The molecule has 0 heterocycles. The van der Waals surface area contributed by atoms with Crippen LogP contribution in [0.5, 0.6) is 0 Å². The lowest BCUT2D eigenvalue weighted by Gasteiger charge is -2.23. The van der Waals surface area contributed by atoms with Crippen molar-refractivity contribution in [1.82, 2.24) is 0 Å². The van der Waals surface area contributed by atoms with Crippen LogP contribution in [0.25, 0.3) is 0 Å². The van der Waals surface area contributed by atoms with E-state index in [1.165, 1.54) is 0 Å². The number of hydrogen-bond donors (Lipinski definition) is 2. The van der Waals surface area contributed by atoms with Gasteiger partial charge in [-0.25, -0.2) is 4.57 Å². The van der Waals surface area contributed by atoms with E-state index >= 15 is 0 Å². The van der Waals surface area contributed by atoms with E-state index in [0.717, 1.165) is 0 Å². The zero-order chi connectivity index (χ0) is 9.12. The summed E-state index contributed by atoms with van der Waals surface area (Å²) in [6.07, 6.45) is 0. The van der Waals surface area contributed by atoms with E-state index in [9.17, 15) is 4.57 Å². The predicted molar refractivity (Wildman–Crippen MR) is 40.9 cm³/mol. The molecule has 0 aliphatic heterocycles. The maximum absolute atomic E-state index is 10.2. The van der Waals surface area contributed by atoms with Gasteiger partial charge < -0.3 is 14.3 Å². The zero-order valence-corrected chi connectivity index (χ0v) is 7.91. The molecule has 5 nitrogen and oxygen atoms in total. The Hall–Kier alpha value is 0.0700. The summed E-state index contributed by atoms with van der Waals surface area (Å²) in [4.78, 5) is 16.6. The molecular formula is C5H15NO4P+. The monoisotopic (exact) mass is 183 g/mol. The van der Waals surface area contributed by atoms with Crippen molar-refractivity contribution < 1.29 is 23.4 Å².